The summed E-state index contributed by atoms with van der Waals surface area (Å²) < 4.78 is 60.2. The number of aromatic nitrogens is 2. The van der Waals surface area contributed by atoms with Gasteiger partial charge in [-0.2, -0.15) is 18.2 Å². The smallest absolute Gasteiger partial charge is 0.349 e. The Kier molecular flexibility index (Phi) is 7.36. The zero-order valence-electron chi connectivity index (χ0n) is 24.2. The van der Waals surface area contributed by atoms with Gasteiger partial charge in [0.25, 0.3) is 0 Å². The maximum absolute atomic E-state index is 14.9. The number of alkyl halides is 3. The average Bonchev–Trinajstić information content (AvgIpc) is 3.13. The Bertz CT molecular complexity index is 1670. The minimum atomic E-state index is -4.74. The number of halogens is 4. The molecular weight excluding hydrogens is 582 g/mol. The second-order valence-corrected chi connectivity index (χ2v) is 13.0. The third-order valence-electron chi connectivity index (χ3n) is 8.93. The third kappa shape index (κ3) is 5.02. The van der Waals surface area contributed by atoms with Gasteiger partial charge >= 0.3 is 11.9 Å². The van der Waals surface area contributed by atoms with Gasteiger partial charge < -0.3 is 14.7 Å². The monoisotopic (exact) mass is 615 g/mol. The van der Waals surface area contributed by atoms with Crippen molar-refractivity contribution in [3.05, 3.63) is 64.9 Å². The molecule has 3 aromatic rings. The van der Waals surface area contributed by atoms with Crippen molar-refractivity contribution in [3.8, 4) is 11.1 Å². The molecular formula is C31H33F4N5O2S. The molecule has 0 saturated carbocycles. The van der Waals surface area contributed by atoms with Crippen LogP contribution in [0.25, 0.3) is 22.0 Å². The molecule has 0 N–H and O–H groups in total. The summed E-state index contributed by atoms with van der Waals surface area (Å²) in [5, 5.41) is 0.242. The van der Waals surface area contributed by atoms with Crippen LogP contribution >= 0.6 is 11.8 Å². The summed E-state index contributed by atoms with van der Waals surface area (Å²) in [6, 6.07) is 5.51. The highest BCUT2D eigenvalue weighted by Gasteiger charge is 2.46. The van der Waals surface area contributed by atoms with Crippen LogP contribution in [0.2, 0.25) is 0 Å². The molecule has 2 aromatic carbocycles. The van der Waals surface area contributed by atoms with E-state index in [0.29, 0.717) is 29.3 Å². The fraction of sp³-hybridized carbons (Fsp3) is 0.452. The quantitative estimate of drug-likeness (QED) is 0.295. The number of benzene rings is 2. The van der Waals surface area contributed by atoms with Crippen LogP contribution in [0.15, 0.2) is 52.7 Å². The molecule has 43 heavy (non-hydrogen) atoms. The van der Waals surface area contributed by atoms with Crippen LogP contribution in [0, 0.1) is 11.2 Å². The van der Waals surface area contributed by atoms with E-state index in [1.807, 2.05) is 18.7 Å². The summed E-state index contributed by atoms with van der Waals surface area (Å²) in [4.78, 5) is 36.9. The lowest BCUT2D eigenvalue weighted by atomic mass is 9.81. The first-order valence-corrected chi connectivity index (χ1v) is 15.3. The molecule has 12 heteroatoms. The molecule has 0 radical (unpaired) electrons. The van der Waals surface area contributed by atoms with Crippen LogP contribution < -0.4 is 10.6 Å². The van der Waals surface area contributed by atoms with Crippen LogP contribution in [0.3, 0.4) is 0 Å². The Morgan fingerprint density at radius 3 is 2.47 bits per heavy atom. The van der Waals surface area contributed by atoms with E-state index >= 15 is 0 Å². The molecule has 0 unspecified atom stereocenters. The minimum Gasteiger partial charge on any atom is -0.349 e. The van der Waals surface area contributed by atoms with E-state index in [0.717, 1.165) is 37.8 Å². The molecule has 3 aliphatic rings. The molecule has 3 aliphatic heterocycles. The number of thioether (sulfide) groups is 1. The summed E-state index contributed by atoms with van der Waals surface area (Å²) in [6.07, 6.45) is -3.49. The first-order chi connectivity index (χ1) is 20.4. The van der Waals surface area contributed by atoms with Crippen molar-refractivity contribution in [1.82, 2.24) is 19.4 Å². The van der Waals surface area contributed by atoms with Gasteiger partial charge in [-0.05, 0) is 50.2 Å². The molecule has 6 rings (SSSR count). The number of rotatable bonds is 4. The van der Waals surface area contributed by atoms with Gasteiger partial charge in [0.2, 0.25) is 5.91 Å². The van der Waals surface area contributed by atoms with Crippen molar-refractivity contribution < 1.29 is 22.4 Å². The van der Waals surface area contributed by atoms with Gasteiger partial charge in [-0.3, -0.25) is 9.36 Å². The number of nitrogens with zero attached hydrogens (tertiary/aromatic N) is 5. The van der Waals surface area contributed by atoms with Gasteiger partial charge in [-0.1, -0.05) is 25.6 Å². The SMILES string of the molecule is C=CC(=O)N1C[C@H](C)N(c2nc(=O)n3c4c(c(-c5ccc(F)cc5)c(C(F)(F)F)cc24)SCC2(CN(CC)C2)C3)C[C@H]1C. The van der Waals surface area contributed by atoms with Crippen LogP contribution in [0.4, 0.5) is 23.4 Å². The zero-order valence-corrected chi connectivity index (χ0v) is 25.1. The normalized spacial score (nSPS) is 22.0. The summed E-state index contributed by atoms with van der Waals surface area (Å²) in [7, 11) is 0. The number of anilines is 1. The van der Waals surface area contributed by atoms with Crippen molar-refractivity contribution in [2.24, 2.45) is 5.41 Å². The Balaban J connectivity index is 1.62. The van der Waals surface area contributed by atoms with Gasteiger partial charge in [0, 0.05) is 71.8 Å². The first-order valence-electron chi connectivity index (χ1n) is 14.4. The number of amides is 1. The molecule has 2 saturated heterocycles. The van der Waals surface area contributed by atoms with Crippen LogP contribution in [0.1, 0.15) is 26.3 Å². The van der Waals surface area contributed by atoms with Crippen molar-refractivity contribution in [3.63, 3.8) is 0 Å². The second-order valence-electron chi connectivity index (χ2n) is 12.0. The van der Waals surface area contributed by atoms with E-state index in [9.17, 15) is 27.2 Å². The molecule has 2 fully saturated rings. The topological polar surface area (TPSA) is 61.7 Å². The zero-order chi connectivity index (χ0) is 30.8. The Morgan fingerprint density at radius 2 is 1.84 bits per heavy atom. The lowest BCUT2D eigenvalue weighted by Crippen LogP contribution is -2.60. The fourth-order valence-corrected chi connectivity index (χ4v) is 8.25. The Hall–Kier alpha value is -3.38. The van der Waals surface area contributed by atoms with Crippen LogP contribution in [0.5, 0.6) is 0 Å². The van der Waals surface area contributed by atoms with Crippen molar-refractivity contribution in [2.75, 3.05) is 43.4 Å². The maximum atomic E-state index is 14.9. The largest absolute Gasteiger partial charge is 0.417 e. The molecule has 1 aromatic heterocycles. The highest BCUT2D eigenvalue weighted by Crippen LogP contribution is 2.51. The van der Waals surface area contributed by atoms with Gasteiger partial charge in [0.05, 0.1) is 11.1 Å². The number of carbonyl (C=O) groups excluding carboxylic acids is 1. The lowest BCUT2D eigenvalue weighted by molar-refractivity contribution is -0.137. The minimum absolute atomic E-state index is 0.0539. The Labute approximate surface area is 251 Å². The number of hydrogen-bond acceptors (Lipinski definition) is 6. The van der Waals surface area contributed by atoms with E-state index in [2.05, 4.69) is 23.4 Å². The number of hydrogen-bond donors (Lipinski definition) is 0. The molecule has 228 valence electrons. The van der Waals surface area contributed by atoms with E-state index in [4.69, 9.17) is 0 Å². The predicted molar refractivity (Wildman–Crippen MR) is 160 cm³/mol. The van der Waals surface area contributed by atoms with E-state index in [1.165, 1.54) is 30.0 Å². The van der Waals surface area contributed by atoms with Gasteiger partial charge in [0.15, 0.2) is 0 Å². The molecule has 7 nitrogen and oxygen atoms in total. The van der Waals surface area contributed by atoms with E-state index in [-0.39, 0.29) is 52.3 Å². The Morgan fingerprint density at radius 1 is 1.14 bits per heavy atom. The summed E-state index contributed by atoms with van der Waals surface area (Å²) in [5.74, 6) is -0.0725. The summed E-state index contributed by atoms with van der Waals surface area (Å²) >= 11 is 1.34. The highest BCUT2D eigenvalue weighted by atomic mass is 32.2. The molecule has 4 heterocycles. The predicted octanol–water partition coefficient (Wildman–Crippen LogP) is 5.26. The highest BCUT2D eigenvalue weighted by molar-refractivity contribution is 7.99. The summed E-state index contributed by atoms with van der Waals surface area (Å²) in [5.41, 5.74) is -1.08. The average molecular weight is 616 g/mol. The van der Waals surface area contributed by atoms with Crippen molar-refractivity contribution in [2.45, 2.75) is 50.5 Å². The third-order valence-corrected chi connectivity index (χ3v) is 10.4. The first kappa shape index (κ1) is 29.7. The van der Waals surface area contributed by atoms with Crippen molar-refractivity contribution >= 4 is 34.4 Å². The standard InChI is InChI=1S/C31H33F4N5O2S/c1-5-24(41)38-12-19(4)39(13-18(38)3)28-22-11-23(31(33,34)35)25(20-7-9-21(32)10-8-20)27-26(22)40(29(42)36-28)16-30(17-43-27)14-37(6-2)15-30/h5,7-11,18-19H,1,6,12-17H2,2-4H3/t18-,19+/m1/s1. The van der Waals surface area contributed by atoms with E-state index in [1.54, 1.807) is 9.47 Å². The molecule has 0 bridgehead atoms. The molecule has 2 atom stereocenters. The lowest BCUT2D eigenvalue weighted by Gasteiger charge is -2.49. The number of piperazine rings is 1. The van der Waals surface area contributed by atoms with Gasteiger partial charge in [-0.15, -0.1) is 11.8 Å². The number of likely N-dealkylation sites (tertiary alicyclic amines) is 1. The van der Waals surface area contributed by atoms with E-state index < -0.39 is 23.2 Å². The van der Waals surface area contributed by atoms with Crippen molar-refractivity contribution in [1.29, 1.82) is 0 Å². The second kappa shape index (κ2) is 10.7. The fourth-order valence-electron chi connectivity index (χ4n) is 6.80. The maximum Gasteiger partial charge on any atom is 0.417 e. The molecule has 1 amide bonds. The van der Waals surface area contributed by atoms with Crippen LogP contribution in [-0.2, 0) is 17.5 Å². The van der Waals surface area contributed by atoms with Crippen LogP contribution in [-0.4, -0.2) is 75.8 Å². The van der Waals surface area contributed by atoms with Gasteiger partial charge in [0.1, 0.15) is 11.6 Å². The summed E-state index contributed by atoms with van der Waals surface area (Å²) in [6.45, 7) is 12.6. The molecule has 1 spiro atoms. The number of carbonyl (C=O) groups is 1. The molecule has 0 aliphatic carbocycles. The van der Waals surface area contributed by atoms with Gasteiger partial charge in [-0.25, -0.2) is 9.18 Å².